The lowest BCUT2D eigenvalue weighted by molar-refractivity contribution is -0.376. The van der Waals surface area contributed by atoms with Gasteiger partial charge in [-0.1, -0.05) is 25.5 Å². The van der Waals surface area contributed by atoms with Crippen LogP contribution in [0.1, 0.15) is 99.3 Å². The molecule has 0 aromatic rings. The Morgan fingerprint density at radius 1 is 0.584 bits per heavy atom. The van der Waals surface area contributed by atoms with Crippen molar-refractivity contribution in [2.45, 2.75) is 259 Å². The number of allylic oxidation sites excluding steroid dienone is 1. The number of fused-ring (bicyclic) bond motifs is 5. The van der Waals surface area contributed by atoms with Crippen molar-refractivity contribution in [1.82, 2.24) is 0 Å². The summed E-state index contributed by atoms with van der Waals surface area (Å²) >= 11 is 0. The van der Waals surface area contributed by atoms with Crippen LogP contribution in [0.5, 0.6) is 0 Å². The molecule has 23 nitrogen and oxygen atoms in total. The number of hydrogen-bond acceptors (Lipinski definition) is 23. The normalized spacial score (nSPS) is 53.7. The highest BCUT2D eigenvalue weighted by molar-refractivity contribution is 5.25. The van der Waals surface area contributed by atoms with Crippen molar-refractivity contribution in [3.8, 4) is 0 Å². The molecule has 8 fully saturated rings. The second-order valence-corrected chi connectivity index (χ2v) is 24.1. The summed E-state index contributed by atoms with van der Waals surface area (Å²) in [6, 6.07) is 0. The molecule has 0 amide bonds. The van der Waals surface area contributed by atoms with E-state index in [4.69, 9.17) is 61.6 Å². The van der Waals surface area contributed by atoms with E-state index in [-0.39, 0.29) is 29.0 Å². The van der Waals surface area contributed by atoms with Crippen molar-refractivity contribution in [3.63, 3.8) is 0 Å². The standard InChI is InChI=1S/C54H90O23/c1-22(70-52-48(47(67-9)37(57)24(3)72-52)77-50-43(63)41(61)39(59)34(75-50)21-68-49-42(62)40(60)38(58)33(20-55)74-49)29-12-13-30-28-11-10-26-18-27(14-16-53(26,5)31(28)15-17-54(29,30)6)73-35-19-32(65-7)45(25(4)69-35)76-51-44(64)46(66-8)36(56)23(2)71-51/h10,22-25,27-52,55-64H,11-21H2,1-9H3/t22?,23-,24-,25-,27+,28+,29-,30+,31+,32+,33-,34-,35+,36+,37+,38-,39-,40+,41+,42-,43-,44-,45-,46+,47+,48-,49-,50+,51+,52-,53+,54-/m1/s1. The number of ether oxygens (including phenoxy) is 13. The smallest absolute Gasteiger partial charge is 0.187 e. The second kappa shape index (κ2) is 24.6. The highest BCUT2D eigenvalue weighted by atomic mass is 16.8. The highest BCUT2D eigenvalue weighted by Crippen LogP contribution is 2.67. The highest BCUT2D eigenvalue weighted by Gasteiger charge is 2.61. The topological polar surface area (TPSA) is 322 Å². The third-order valence-electron chi connectivity index (χ3n) is 19.9. The zero-order valence-corrected chi connectivity index (χ0v) is 46.0. The molecule has 23 heteroatoms. The van der Waals surface area contributed by atoms with E-state index in [2.05, 4.69) is 19.9 Å². The lowest BCUT2D eigenvalue weighted by Crippen LogP contribution is -2.65. The van der Waals surface area contributed by atoms with Gasteiger partial charge < -0.3 is 113 Å². The molecular formula is C54H90O23. The lowest BCUT2D eigenvalue weighted by atomic mass is 9.47. The molecule has 10 N–H and O–H groups in total. The lowest BCUT2D eigenvalue weighted by Gasteiger charge is -2.58. The van der Waals surface area contributed by atoms with Crippen molar-refractivity contribution in [2.24, 2.45) is 34.5 Å². The van der Waals surface area contributed by atoms with Crippen LogP contribution in [0.2, 0.25) is 0 Å². The fraction of sp³-hybridized carbons (Fsp3) is 0.963. The predicted octanol–water partition coefficient (Wildman–Crippen LogP) is -0.498. The molecule has 3 saturated carbocycles. The second-order valence-electron chi connectivity index (χ2n) is 24.1. The minimum Gasteiger partial charge on any atom is -0.394 e. The average molecular weight is 1110 g/mol. The molecule has 9 rings (SSSR count). The van der Waals surface area contributed by atoms with Crippen molar-refractivity contribution < 1.29 is 113 Å². The molecule has 0 aromatic heterocycles. The zero-order valence-electron chi connectivity index (χ0n) is 46.0. The fourth-order valence-corrected chi connectivity index (χ4v) is 15.4. The fourth-order valence-electron chi connectivity index (χ4n) is 15.4. The van der Waals surface area contributed by atoms with Gasteiger partial charge in [0.15, 0.2) is 31.5 Å². The van der Waals surface area contributed by atoms with Crippen molar-refractivity contribution in [3.05, 3.63) is 11.6 Å². The van der Waals surface area contributed by atoms with Gasteiger partial charge in [-0.25, -0.2) is 0 Å². The van der Waals surface area contributed by atoms with E-state index in [9.17, 15) is 51.1 Å². The molecule has 0 aromatic carbocycles. The van der Waals surface area contributed by atoms with Crippen LogP contribution in [0, 0.1) is 34.5 Å². The molecule has 77 heavy (non-hydrogen) atoms. The molecule has 1 unspecified atom stereocenters. The molecule has 9 aliphatic rings. The zero-order chi connectivity index (χ0) is 55.6. The van der Waals surface area contributed by atoms with Gasteiger partial charge in [0.05, 0.1) is 49.8 Å². The average Bonchev–Trinajstić information content (AvgIpc) is 3.81. The monoisotopic (exact) mass is 1110 g/mol. The summed E-state index contributed by atoms with van der Waals surface area (Å²) in [6.45, 7) is 11.0. The number of aliphatic hydroxyl groups is 10. The summed E-state index contributed by atoms with van der Waals surface area (Å²) in [4.78, 5) is 0. The molecule has 444 valence electrons. The molecule has 0 bridgehead atoms. The minimum atomic E-state index is -1.81. The number of aliphatic hydroxyl groups excluding tert-OH is 10. The maximum absolute atomic E-state index is 11.3. The molecule has 5 aliphatic heterocycles. The third kappa shape index (κ3) is 11.5. The first-order chi connectivity index (χ1) is 36.6. The van der Waals surface area contributed by atoms with Crippen molar-refractivity contribution in [2.75, 3.05) is 34.5 Å². The minimum absolute atomic E-state index is 0.0255. The summed E-state index contributed by atoms with van der Waals surface area (Å²) in [5.74, 6) is 1.57. The quantitative estimate of drug-likeness (QED) is 0.0872. The maximum atomic E-state index is 11.3. The summed E-state index contributed by atoms with van der Waals surface area (Å²) in [5, 5.41) is 107. The maximum Gasteiger partial charge on any atom is 0.187 e. The molecule has 0 radical (unpaired) electrons. The van der Waals surface area contributed by atoms with Gasteiger partial charge in [-0.05, 0) is 114 Å². The van der Waals surface area contributed by atoms with Gasteiger partial charge >= 0.3 is 0 Å². The van der Waals surface area contributed by atoms with Gasteiger partial charge in [-0.3, -0.25) is 0 Å². The number of hydrogen-bond donors (Lipinski definition) is 10. The Morgan fingerprint density at radius 2 is 1.21 bits per heavy atom. The Morgan fingerprint density at radius 3 is 1.88 bits per heavy atom. The molecule has 32 atom stereocenters. The van der Waals surface area contributed by atoms with Gasteiger partial charge in [-0.2, -0.15) is 0 Å². The molecule has 0 spiro atoms. The van der Waals surface area contributed by atoms with Gasteiger partial charge in [-0.15, -0.1) is 0 Å². The van der Waals surface area contributed by atoms with Gasteiger partial charge in [0.25, 0.3) is 0 Å². The van der Waals surface area contributed by atoms with E-state index in [1.54, 1.807) is 21.0 Å². The van der Waals surface area contributed by atoms with E-state index in [0.29, 0.717) is 24.2 Å². The Balaban J connectivity index is 0.819. The largest absolute Gasteiger partial charge is 0.394 e. The van der Waals surface area contributed by atoms with Crippen LogP contribution in [0.25, 0.3) is 0 Å². The molecule has 5 saturated heterocycles. The van der Waals surface area contributed by atoms with Crippen LogP contribution in [0.3, 0.4) is 0 Å². The van der Waals surface area contributed by atoms with Crippen LogP contribution in [-0.4, -0.2) is 245 Å². The Labute approximate surface area is 451 Å². The summed E-state index contributed by atoms with van der Waals surface area (Å²) in [7, 11) is 4.47. The first kappa shape index (κ1) is 60.4. The van der Waals surface area contributed by atoms with Crippen molar-refractivity contribution in [1.29, 1.82) is 0 Å². The van der Waals surface area contributed by atoms with E-state index in [1.807, 2.05) is 13.8 Å². The number of methoxy groups -OCH3 is 3. The van der Waals surface area contributed by atoms with Gasteiger partial charge in [0.1, 0.15) is 91.6 Å². The molecular weight excluding hydrogens is 1020 g/mol. The Hall–Kier alpha value is -1.18. The SMILES string of the molecule is CO[C@H]1[C@@H](O)[C@@H](C)O[C@@H](O[C@H]2[C@@H](OC)C[C@H](O[C@H]3CC[C@@]4(C)C(=CC[C@H]5[C@@H]6CC[C@H](C(C)O[C@@H]7O[C@H](C)[C@H](O)[C@H](OC)[C@H]7O[C@@H]7O[C@H](CO[C@@H]8O[C@H](CO)[C@@H](O)[C@H](O)[C@H]8O)[C@@H](O)[C@H](O)[C@H]7O)[C@@]6(C)CC[C@@H]54)C3)O[C@@H]2C)[C@@H]1O. The Bertz CT molecular complexity index is 1950. The third-order valence-corrected chi connectivity index (χ3v) is 19.9. The van der Waals surface area contributed by atoms with Crippen LogP contribution >= 0.6 is 0 Å². The van der Waals surface area contributed by atoms with E-state index in [1.165, 1.54) is 19.8 Å². The summed E-state index contributed by atoms with van der Waals surface area (Å²) < 4.78 is 79.1. The predicted molar refractivity (Wildman–Crippen MR) is 265 cm³/mol. The summed E-state index contributed by atoms with van der Waals surface area (Å²) in [6.07, 6.45) is -17.9. The first-order valence-corrected chi connectivity index (χ1v) is 28.1. The van der Waals surface area contributed by atoms with Gasteiger partial charge in [0.2, 0.25) is 0 Å². The molecule has 4 aliphatic carbocycles. The van der Waals surface area contributed by atoms with Crippen LogP contribution in [0.15, 0.2) is 11.6 Å². The van der Waals surface area contributed by atoms with Gasteiger partial charge in [0, 0.05) is 27.8 Å². The van der Waals surface area contributed by atoms with E-state index in [0.717, 1.165) is 51.4 Å². The number of rotatable bonds is 16. The van der Waals surface area contributed by atoms with E-state index >= 15 is 0 Å². The van der Waals surface area contributed by atoms with Crippen LogP contribution in [-0.2, 0) is 61.6 Å². The molecule has 5 heterocycles. The summed E-state index contributed by atoms with van der Waals surface area (Å²) in [5.41, 5.74) is 1.42. The first-order valence-electron chi connectivity index (χ1n) is 28.1. The van der Waals surface area contributed by atoms with Crippen molar-refractivity contribution >= 4 is 0 Å². The van der Waals surface area contributed by atoms with E-state index < -0.39 is 161 Å². The van der Waals surface area contributed by atoms with Crippen LogP contribution in [0.4, 0.5) is 0 Å². The Kier molecular flexibility index (Phi) is 19.3. The van der Waals surface area contributed by atoms with Crippen LogP contribution < -0.4 is 0 Å².